The molecule has 0 spiro atoms. The highest BCUT2D eigenvalue weighted by atomic mass is 32.2. The average Bonchev–Trinajstić information content (AvgIpc) is 2.99. The first-order valence-electron chi connectivity index (χ1n) is 10.0. The number of hydrogen-bond acceptors (Lipinski definition) is 4. The van der Waals surface area contributed by atoms with Gasteiger partial charge >= 0.3 is 0 Å². The molecular formula is C19H31N3O2S. The van der Waals surface area contributed by atoms with Crippen LogP contribution in [-0.2, 0) is 9.59 Å². The second-order valence-electron chi connectivity index (χ2n) is 7.76. The molecule has 3 aliphatic rings. The summed E-state index contributed by atoms with van der Waals surface area (Å²) < 4.78 is 0. The zero-order chi connectivity index (χ0) is 17.5. The number of nitrogens with zero attached hydrogens (tertiary/aromatic N) is 1. The van der Waals surface area contributed by atoms with Gasteiger partial charge in [0.25, 0.3) is 5.91 Å². The van der Waals surface area contributed by atoms with Gasteiger partial charge in [0.1, 0.15) is 5.25 Å². The summed E-state index contributed by atoms with van der Waals surface area (Å²) in [6.07, 6.45) is 13.1. The highest BCUT2D eigenvalue weighted by Gasteiger charge is 2.31. The van der Waals surface area contributed by atoms with Crippen molar-refractivity contribution in [3.05, 3.63) is 0 Å². The number of aliphatic imine (C=N–C) groups is 1. The molecule has 0 aromatic heterocycles. The first-order valence-corrected chi connectivity index (χ1v) is 10.9. The highest BCUT2D eigenvalue weighted by molar-refractivity contribution is 8.15. The minimum atomic E-state index is -0.347. The Labute approximate surface area is 155 Å². The lowest BCUT2D eigenvalue weighted by atomic mass is 9.89. The van der Waals surface area contributed by atoms with Crippen molar-refractivity contribution in [2.24, 2.45) is 16.8 Å². The molecule has 2 fully saturated rings. The fourth-order valence-electron chi connectivity index (χ4n) is 4.11. The fraction of sp³-hybridized carbons (Fsp3) is 0.842. The second kappa shape index (κ2) is 9.60. The van der Waals surface area contributed by atoms with Crippen LogP contribution in [0.1, 0.15) is 70.6 Å². The van der Waals surface area contributed by atoms with E-state index in [2.05, 4.69) is 15.6 Å². The summed E-state index contributed by atoms with van der Waals surface area (Å²) in [5.41, 5.74) is 0. The third kappa shape index (κ3) is 6.01. The number of rotatable bonds is 6. The lowest BCUT2D eigenvalue weighted by Crippen LogP contribution is -2.33. The zero-order valence-electron chi connectivity index (χ0n) is 15.1. The Morgan fingerprint density at radius 3 is 2.20 bits per heavy atom. The summed E-state index contributed by atoms with van der Waals surface area (Å²) >= 11 is 1.43. The Balaban J connectivity index is 1.34. The van der Waals surface area contributed by atoms with Crippen molar-refractivity contribution in [3.63, 3.8) is 0 Å². The maximum Gasteiger partial charge on any atom is 0.262 e. The molecule has 3 rings (SSSR count). The topological polar surface area (TPSA) is 70.6 Å². The number of amidine groups is 1. The van der Waals surface area contributed by atoms with Gasteiger partial charge in [0.05, 0.1) is 0 Å². The molecule has 0 saturated heterocycles. The molecule has 2 saturated carbocycles. The Hall–Kier alpha value is -1.04. The van der Waals surface area contributed by atoms with Gasteiger partial charge in [0.2, 0.25) is 5.91 Å². The van der Waals surface area contributed by atoms with Crippen LogP contribution in [0.5, 0.6) is 0 Å². The molecule has 6 heteroatoms. The molecule has 2 N–H and O–H groups in total. The Morgan fingerprint density at radius 1 is 0.960 bits per heavy atom. The second-order valence-corrected chi connectivity index (χ2v) is 8.95. The standard InChI is InChI=1S/C19H31N3O2S/c23-17(20-12-14-7-3-1-4-8-14)11-16-18(24)22-19(25-16)21-13-15-9-5-2-6-10-15/h14-16H,1-13H2,(H,20,23)(H,21,22,24). The third-order valence-electron chi connectivity index (χ3n) is 5.69. The maximum atomic E-state index is 12.2. The Kier molecular flexibility index (Phi) is 7.20. The van der Waals surface area contributed by atoms with E-state index in [0.29, 0.717) is 17.0 Å². The van der Waals surface area contributed by atoms with Crippen LogP contribution in [0.2, 0.25) is 0 Å². The summed E-state index contributed by atoms with van der Waals surface area (Å²) in [7, 11) is 0. The van der Waals surface area contributed by atoms with Crippen molar-refractivity contribution < 1.29 is 9.59 Å². The fourth-order valence-corrected chi connectivity index (χ4v) is 5.07. The van der Waals surface area contributed by atoms with Gasteiger partial charge in [-0.3, -0.25) is 9.59 Å². The van der Waals surface area contributed by atoms with Gasteiger partial charge in [0, 0.05) is 19.5 Å². The summed E-state index contributed by atoms with van der Waals surface area (Å²) in [5.74, 6) is 1.14. The predicted octanol–water partition coefficient (Wildman–Crippen LogP) is 3.24. The smallest absolute Gasteiger partial charge is 0.262 e. The Morgan fingerprint density at radius 2 is 1.56 bits per heavy atom. The lowest BCUT2D eigenvalue weighted by molar-refractivity contribution is -0.124. The van der Waals surface area contributed by atoms with Crippen molar-refractivity contribution in [3.8, 4) is 0 Å². The molecule has 140 valence electrons. The van der Waals surface area contributed by atoms with E-state index in [-0.39, 0.29) is 23.5 Å². The van der Waals surface area contributed by atoms with Crippen molar-refractivity contribution in [2.75, 3.05) is 13.1 Å². The van der Waals surface area contributed by atoms with Crippen molar-refractivity contribution in [2.45, 2.75) is 75.9 Å². The van der Waals surface area contributed by atoms with Crippen LogP contribution >= 0.6 is 11.8 Å². The molecule has 5 nitrogen and oxygen atoms in total. The zero-order valence-corrected chi connectivity index (χ0v) is 15.9. The molecule has 2 aliphatic carbocycles. The first-order chi connectivity index (χ1) is 12.2. The first kappa shape index (κ1) is 18.7. The van der Waals surface area contributed by atoms with Crippen LogP contribution in [0.25, 0.3) is 0 Å². The number of hydrogen-bond donors (Lipinski definition) is 2. The van der Waals surface area contributed by atoms with Crippen LogP contribution in [0, 0.1) is 11.8 Å². The highest BCUT2D eigenvalue weighted by Crippen LogP contribution is 2.27. The van der Waals surface area contributed by atoms with E-state index in [0.717, 1.165) is 13.1 Å². The molecule has 1 heterocycles. The van der Waals surface area contributed by atoms with Gasteiger partial charge in [-0.1, -0.05) is 50.3 Å². The molecular weight excluding hydrogens is 334 g/mol. The van der Waals surface area contributed by atoms with E-state index in [9.17, 15) is 9.59 Å². The van der Waals surface area contributed by atoms with E-state index < -0.39 is 0 Å². The minimum Gasteiger partial charge on any atom is -0.364 e. The summed E-state index contributed by atoms with van der Waals surface area (Å²) in [5, 5.41) is 6.71. The van der Waals surface area contributed by atoms with Crippen LogP contribution < -0.4 is 10.6 Å². The predicted molar refractivity (Wildman–Crippen MR) is 103 cm³/mol. The number of carbonyl (C=O) groups is 2. The van der Waals surface area contributed by atoms with Gasteiger partial charge in [-0.2, -0.15) is 4.99 Å². The summed E-state index contributed by atoms with van der Waals surface area (Å²) in [6, 6.07) is 0. The molecule has 0 bridgehead atoms. The van der Waals surface area contributed by atoms with E-state index >= 15 is 0 Å². The van der Waals surface area contributed by atoms with E-state index in [1.807, 2.05) is 0 Å². The van der Waals surface area contributed by atoms with Gasteiger partial charge in [-0.25, -0.2) is 0 Å². The molecule has 1 aliphatic heterocycles. The monoisotopic (exact) mass is 365 g/mol. The normalized spacial score (nSPS) is 25.7. The molecule has 1 atom stereocenters. The van der Waals surface area contributed by atoms with Crippen LogP contribution in [0.15, 0.2) is 4.99 Å². The Bertz CT molecular complexity index is 497. The van der Waals surface area contributed by atoms with Gasteiger partial charge in [0.15, 0.2) is 5.17 Å². The lowest BCUT2D eigenvalue weighted by Gasteiger charge is -2.22. The minimum absolute atomic E-state index is 0.0137. The van der Waals surface area contributed by atoms with Gasteiger partial charge in [-0.05, 0) is 37.5 Å². The molecule has 25 heavy (non-hydrogen) atoms. The van der Waals surface area contributed by atoms with E-state index in [1.54, 1.807) is 0 Å². The molecule has 0 aromatic rings. The van der Waals surface area contributed by atoms with Crippen molar-refractivity contribution in [1.29, 1.82) is 0 Å². The van der Waals surface area contributed by atoms with Crippen molar-refractivity contribution in [1.82, 2.24) is 10.6 Å². The van der Waals surface area contributed by atoms with E-state index in [1.165, 1.54) is 76.0 Å². The van der Waals surface area contributed by atoms with Gasteiger partial charge in [-0.15, -0.1) is 0 Å². The van der Waals surface area contributed by atoms with Crippen molar-refractivity contribution >= 4 is 28.7 Å². The molecule has 2 amide bonds. The van der Waals surface area contributed by atoms with Crippen LogP contribution in [-0.4, -0.2) is 35.3 Å². The number of nitrogens with one attached hydrogen (secondary N) is 2. The molecule has 0 radical (unpaired) electrons. The summed E-state index contributed by atoms with van der Waals surface area (Å²) in [6.45, 7) is 1.66. The quantitative estimate of drug-likeness (QED) is 0.758. The maximum absolute atomic E-state index is 12.2. The number of carbonyl (C=O) groups excluding carboxylic acids is 2. The van der Waals surface area contributed by atoms with Crippen LogP contribution in [0.3, 0.4) is 0 Å². The average molecular weight is 366 g/mol. The third-order valence-corrected chi connectivity index (χ3v) is 6.80. The van der Waals surface area contributed by atoms with Crippen LogP contribution in [0.4, 0.5) is 0 Å². The SMILES string of the molecule is O=C(CC1SC(NCC2CCCCC2)=NC1=O)NCC1CCCCC1. The van der Waals surface area contributed by atoms with Gasteiger partial charge < -0.3 is 10.6 Å². The van der Waals surface area contributed by atoms with E-state index in [4.69, 9.17) is 0 Å². The number of amides is 2. The molecule has 0 aromatic carbocycles. The number of thioether (sulfide) groups is 1. The summed E-state index contributed by atoms with van der Waals surface area (Å²) in [4.78, 5) is 28.3. The largest absolute Gasteiger partial charge is 0.364 e. The molecule has 1 unspecified atom stereocenters.